The Kier molecular flexibility index (Phi) is 9.03. The van der Waals surface area contributed by atoms with Gasteiger partial charge in [-0.3, -0.25) is 0 Å². The lowest BCUT2D eigenvalue weighted by Gasteiger charge is -2.40. The van der Waals surface area contributed by atoms with Crippen molar-refractivity contribution < 1.29 is 0 Å². The van der Waals surface area contributed by atoms with E-state index in [1.807, 2.05) is 23.5 Å². The van der Waals surface area contributed by atoms with Crippen LogP contribution >= 0.6 is 23.5 Å². The molecule has 2 spiro atoms. The second-order valence-corrected chi connectivity index (χ2v) is 21.2. The van der Waals surface area contributed by atoms with Gasteiger partial charge in [-0.1, -0.05) is 230 Å². The van der Waals surface area contributed by atoms with E-state index in [1.165, 1.54) is 109 Å². The van der Waals surface area contributed by atoms with Crippen molar-refractivity contribution in [1.29, 1.82) is 0 Å². The lowest BCUT2D eigenvalue weighted by atomic mass is 9.67. The largest absolute Gasteiger partial charge is 0.310 e. The summed E-state index contributed by atoms with van der Waals surface area (Å²) in [7, 11) is 0. The van der Waals surface area contributed by atoms with Crippen molar-refractivity contribution >= 4 is 40.6 Å². The average molecular weight is 938 g/mol. The van der Waals surface area contributed by atoms with Crippen LogP contribution in [0.4, 0.5) is 17.1 Å². The number of nitrogens with zero attached hydrogens (tertiary/aromatic N) is 1. The Morgan fingerprint density at radius 1 is 0.239 bits per heavy atom. The van der Waals surface area contributed by atoms with Crippen LogP contribution in [0.25, 0.3) is 44.5 Å². The summed E-state index contributed by atoms with van der Waals surface area (Å²) in [6.07, 6.45) is 0. The van der Waals surface area contributed by atoms with Crippen molar-refractivity contribution in [3.63, 3.8) is 0 Å². The van der Waals surface area contributed by atoms with Crippen LogP contribution in [0.5, 0.6) is 0 Å². The summed E-state index contributed by atoms with van der Waals surface area (Å²) in [5.74, 6) is 0. The molecule has 0 radical (unpaired) electrons. The van der Waals surface area contributed by atoms with E-state index >= 15 is 0 Å². The van der Waals surface area contributed by atoms with Crippen molar-refractivity contribution in [2.24, 2.45) is 0 Å². The fraction of sp³-hybridized carbons (Fsp3) is 0.0294. The topological polar surface area (TPSA) is 3.24 Å². The maximum Gasteiger partial charge on any atom is 0.0735 e. The normalized spacial score (nSPS) is 14.3. The van der Waals surface area contributed by atoms with E-state index in [2.05, 4.69) is 266 Å². The second kappa shape index (κ2) is 15.7. The summed E-state index contributed by atoms with van der Waals surface area (Å²) in [5.41, 5.74) is 23.0. The molecule has 15 rings (SSSR count). The van der Waals surface area contributed by atoms with Gasteiger partial charge in [-0.05, 0) is 138 Å². The van der Waals surface area contributed by atoms with E-state index < -0.39 is 10.8 Å². The van der Waals surface area contributed by atoms with Gasteiger partial charge >= 0.3 is 0 Å². The van der Waals surface area contributed by atoms with Crippen LogP contribution in [0, 0.1) is 0 Å². The van der Waals surface area contributed by atoms with Crippen molar-refractivity contribution in [3.05, 3.63) is 305 Å². The molecule has 0 saturated carbocycles. The number of hydrogen-bond donors (Lipinski definition) is 0. The van der Waals surface area contributed by atoms with Crippen molar-refractivity contribution in [3.8, 4) is 44.5 Å². The van der Waals surface area contributed by atoms with Crippen LogP contribution in [-0.2, 0) is 10.8 Å². The standard InChI is InChI=1S/C68H43NS2/c1-2-18-44(19-3-1)45-34-36-46(37-35-45)49-20-6-13-29-62(49)69(47-38-40-56-52(42-47)50-21-4-7-23-54(50)67(56)58-25-9-14-30-63(58)70-64-31-15-10-26-59(64)67)48-39-41-57-53(43-48)51-22-5-8-24-55(51)68(57)60-27-11-16-32-65(60)71-66-33-17-12-28-61(66)68/h1-43H. The van der Waals surface area contributed by atoms with Gasteiger partial charge in [-0.15, -0.1) is 0 Å². The van der Waals surface area contributed by atoms with Gasteiger partial charge in [0.25, 0.3) is 0 Å². The first-order valence-electron chi connectivity index (χ1n) is 24.5. The molecule has 2 aliphatic carbocycles. The first kappa shape index (κ1) is 40.8. The molecule has 2 aliphatic heterocycles. The molecule has 4 aliphatic rings. The van der Waals surface area contributed by atoms with Gasteiger partial charge in [0.05, 0.1) is 16.5 Å². The summed E-state index contributed by atoms with van der Waals surface area (Å²) < 4.78 is 0. The lowest BCUT2D eigenvalue weighted by molar-refractivity contribution is 0.722. The molecule has 3 heteroatoms. The predicted molar refractivity (Wildman–Crippen MR) is 295 cm³/mol. The molecule has 11 aromatic rings. The van der Waals surface area contributed by atoms with Crippen LogP contribution in [0.2, 0.25) is 0 Å². The van der Waals surface area contributed by atoms with E-state index in [4.69, 9.17) is 0 Å². The quantitative estimate of drug-likeness (QED) is 0.169. The van der Waals surface area contributed by atoms with Crippen LogP contribution in [-0.4, -0.2) is 0 Å². The average Bonchev–Trinajstić information content (AvgIpc) is 3.89. The Hall–Kier alpha value is -8.08. The van der Waals surface area contributed by atoms with Gasteiger partial charge in [0.1, 0.15) is 0 Å². The second-order valence-electron chi connectivity index (χ2n) is 19.0. The molecule has 1 nitrogen and oxygen atoms in total. The Labute approximate surface area is 423 Å². The minimum absolute atomic E-state index is 0.456. The summed E-state index contributed by atoms with van der Waals surface area (Å²) in [6.45, 7) is 0. The first-order valence-corrected chi connectivity index (χ1v) is 26.1. The molecule has 0 unspecified atom stereocenters. The van der Waals surface area contributed by atoms with Gasteiger partial charge in [0, 0.05) is 36.5 Å². The first-order chi connectivity index (χ1) is 35.2. The highest BCUT2D eigenvalue weighted by atomic mass is 32.2. The van der Waals surface area contributed by atoms with Gasteiger partial charge in [-0.25, -0.2) is 0 Å². The number of anilines is 3. The van der Waals surface area contributed by atoms with E-state index in [-0.39, 0.29) is 0 Å². The highest BCUT2D eigenvalue weighted by Crippen LogP contribution is 2.65. The third-order valence-electron chi connectivity index (χ3n) is 15.6. The number of fused-ring (bicyclic) bond motifs is 18. The minimum atomic E-state index is -0.456. The molecule has 0 bridgehead atoms. The number of para-hydroxylation sites is 1. The maximum absolute atomic E-state index is 2.53. The summed E-state index contributed by atoms with van der Waals surface area (Å²) in [5, 5.41) is 0. The summed E-state index contributed by atoms with van der Waals surface area (Å²) in [4.78, 5) is 7.77. The molecule has 0 N–H and O–H groups in total. The highest BCUT2D eigenvalue weighted by molar-refractivity contribution is 7.99. The van der Waals surface area contributed by atoms with Crippen LogP contribution in [0.1, 0.15) is 44.5 Å². The predicted octanol–water partition coefficient (Wildman–Crippen LogP) is 18.1. The molecule has 2 heterocycles. The fourth-order valence-electron chi connectivity index (χ4n) is 12.8. The Bertz CT molecular complexity index is 3680. The SMILES string of the molecule is c1ccc(-c2ccc(-c3ccccc3N(c3ccc4c(c3)-c3ccccc3C43c4ccccc4Sc4ccccc43)c3ccc4c(c3)-c3ccccc3C43c4ccccc4Sc4ccccc43)cc2)cc1. The van der Waals surface area contributed by atoms with Gasteiger partial charge in [0.15, 0.2) is 0 Å². The zero-order chi connectivity index (χ0) is 46.7. The molecule has 11 aromatic carbocycles. The van der Waals surface area contributed by atoms with Gasteiger partial charge in [0.2, 0.25) is 0 Å². The Morgan fingerprint density at radius 2 is 0.577 bits per heavy atom. The smallest absolute Gasteiger partial charge is 0.0735 e. The van der Waals surface area contributed by atoms with E-state index in [1.54, 1.807) is 0 Å². The van der Waals surface area contributed by atoms with Crippen LogP contribution in [0.15, 0.2) is 280 Å². The molecule has 0 aromatic heterocycles. The third kappa shape index (κ3) is 5.73. The lowest BCUT2D eigenvalue weighted by Crippen LogP contribution is -2.32. The Morgan fingerprint density at radius 3 is 1.04 bits per heavy atom. The number of hydrogen-bond acceptors (Lipinski definition) is 3. The van der Waals surface area contributed by atoms with Crippen molar-refractivity contribution in [1.82, 2.24) is 0 Å². The molecule has 0 fully saturated rings. The zero-order valence-corrected chi connectivity index (χ0v) is 40.2. The van der Waals surface area contributed by atoms with Crippen molar-refractivity contribution in [2.75, 3.05) is 4.90 Å². The number of benzene rings is 11. The van der Waals surface area contributed by atoms with Gasteiger partial charge < -0.3 is 4.90 Å². The van der Waals surface area contributed by atoms with Crippen molar-refractivity contribution in [2.45, 2.75) is 30.4 Å². The van der Waals surface area contributed by atoms with E-state index in [0.29, 0.717) is 0 Å². The monoisotopic (exact) mass is 937 g/mol. The molecular formula is C68H43NS2. The summed E-state index contributed by atoms with van der Waals surface area (Å²) >= 11 is 3.78. The van der Waals surface area contributed by atoms with E-state index in [0.717, 1.165) is 17.1 Å². The molecule has 0 saturated heterocycles. The minimum Gasteiger partial charge on any atom is -0.310 e. The highest BCUT2D eigenvalue weighted by Gasteiger charge is 2.52. The van der Waals surface area contributed by atoms with Crippen LogP contribution in [0.3, 0.4) is 0 Å². The fourth-order valence-corrected chi connectivity index (χ4v) is 15.2. The molecule has 0 amide bonds. The molecule has 0 atom stereocenters. The Balaban J connectivity index is 0.978. The molecule has 332 valence electrons. The summed E-state index contributed by atoms with van der Waals surface area (Å²) in [6, 6.07) is 98.0. The van der Waals surface area contributed by atoms with Crippen LogP contribution < -0.4 is 4.90 Å². The number of rotatable bonds is 5. The third-order valence-corrected chi connectivity index (χ3v) is 17.9. The zero-order valence-electron chi connectivity index (χ0n) is 38.6. The maximum atomic E-state index is 2.53. The molecular weight excluding hydrogens is 895 g/mol. The van der Waals surface area contributed by atoms with Gasteiger partial charge in [-0.2, -0.15) is 0 Å². The van der Waals surface area contributed by atoms with E-state index in [9.17, 15) is 0 Å². The molecule has 71 heavy (non-hydrogen) atoms.